The first-order valence-electron chi connectivity index (χ1n) is 8.11. The third kappa shape index (κ3) is 7.17. The normalized spacial score (nSPS) is 13.3. The van der Waals surface area contributed by atoms with E-state index < -0.39 is 18.1 Å². The number of carbonyl (C=O) groups excluding carboxylic acids is 2. The molecule has 0 aliphatic rings. The molecule has 1 N–H and O–H groups in total. The van der Waals surface area contributed by atoms with Crippen molar-refractivity contribution in [3.05, 3.63) is 35.9 Å². The summed E-state index contributed by atoms with van der Waals surface area (Å²) in [5.74, 6) is -0.202. The fourth-order valence-corrected chi connectivity index (χ4v) is 1.92. The zero-order chi connectivity index (χ0) is 17.2. The smallest absolute Gasteiger partial charge is 0.407 e. The van der Waals surface area contributed by atoms with Gasteiger partial charge in [-0.3, -0.25) is 0 Å². The van der Waals surface area contributed by atoms with Crippen molar-refractivity contribution in [3.63, 3.8) is 0 Å². The van der Waals surface area contributed by atoms with Gasteiger partial charge in [0, 0.05) is 0 Å². The van der Waals surface area contributed by atoms with E-state index in [1.807, 2.05) is 51.1 Å². The molecule has 0 heterocycles. The van der Waals surface area contributed by atoms with Crippen LogP contribution in [0.15, 0.2) is 30.3 Å². The molecule has 2 atom stereocenters. The third-order valence-electron chi connectivity index (χ3n) is 3.66. The Labute approximate surface area is 138 Å². The molecule has 1 aromatic carbocycles. The van der Waals surface area contributed by atoms with E-state index >= 15 is 0 Å². The van der Waals surface area contributed by atoms with Gasteiger partial charge in [0.05, 0.1) is 6.61 Å². The van der Waals surface area contributed by atoms with Crippen LogP contribution in [0.5, 0.6) is 0 Å². The first-order chi connectivity index (χ1) is 10.9. The summed E-state index contributed by atoms with van der Waals surface area (Å²) in [5.41, 5.74) is 1.10. The molecule has 0 aliphatic heterocycles. The van der Waals surface area contributed by atoms with Crippen molar-refractivity contribution < 1.29 is 19.1 Å². The molecule has 1 aromatic rings. The van der Waals surface area contributed by atoms with Gasteiger partial charge in [-0.15, -0.1) is 0 Å². The lowest BCUT2D eigenvalue weighted by atomic mass is 10.0. The summed E-state index contributed by atoms with van der Waals surface area (Å²) in [4.78, 5) is 24.0. The number of ether oxygens (including phenoxy) is 2. The van der Waals surface area contributed by atoms with Crippen LogP contribution in [-0.4, -0.2) is 30.8 Å². The van der Waals surface area contributed by atoms with Crippen LogP contribution in [0.4, 0.5) is 4.79 Å². The Morgan fingerprint density at radius 1 is 1.13 bits per heavy atom. The summed E-state index contributed by atoms with van der Waals surface area (Å²) in [5, 5.41) is 2.60. The largest absolute Gasteiger partial charge is 0.461 e. The third-order valence-corrected chi connectivity index (χ3v) is 3.66. The summed E-state index contributed by atoms with van der Waals surface area (Å²) in [6.45, 7) is 7.79. The lowest BCUT2D eigenvalue weighted by molar-refractivity contribution is -0.152. The predicted octanol–water partition coefficient (Wildman–Crippen LogP) is 3.32. The number of amides is 1. The molecule has 23 heavy (non-hydrogen) atoms. The number of nitrogens with one attached hydrogen (secondary N) is 1. The monoisotopic (exact) mass is 321 g/mol. The maximum Gasteiger partial charge on any atom is 0.407 e. The molecule has 0 saturated carbocycles. The molecule has 5 nitrogen and oxygen atoms in total. The van der Waals surface area contributed by atoms with Crippen molar-refractivity contribution in [2.24, 2.45) is 5.92 Å². The molecule has 0 saturated heterocycles. The quantitative estimate of drug-likeness (QED) is 0.746. The number of carbonyl (C=O) groups is 2. The van der Waals surface area contributed by atoms with E-state index in [1.165, 1.54) is 0 Å². The van der Waals surface area contributed by atoms with Crippen LogP contribution < -0.4 is 5.32 Å². The average molecular weight is 321 g/mol. The van der Waals surface area contributed by atoms with Crippen LogP contribution in [-0.2, 0) is 20.7 Å². The van der Waals surface area contributed by atoms with E-state index in [9.17, 15) is 9.59 Å². The summed E-state index contributed by atoms with van der Waals surface area (Å²) in [6, 6.07) is 9.10. The molecular weight excluding hydrogens is 294 g/mol. The zero-order valence-corrected chi connectivity index (χ0v) is 14.4. The highest BCUT2D eigenvalue weighted by Gasteiger charge is 2.25. The summed E-state index contributed by atoms with van der Waals surface area (Å²) in [6.07, 6.45) is 0.334. The first kappa shape index (κ1) is 19.0. The van der Waals surface area contributed by atoms with E-state index in [0.29, 0.717) is 12.8 Å². The van der Waals surface area contributed by atoms with Gasteiger partial charge in [-0.05, 0) is 38.2 Å². The summed E-state index contributed by atoms with van der Waals surface area (Å²) >= 11 is 0. The molecular formula is C18H27NO4. The van der Waals surface area contributed by atoms with Gasteiger partial charge in [0.25, 0.3) is 0 Å². The minimum atomic E-state index is -0.713. The van der Waals surface area contributed by atoms with Crippen molar-refractivity contribution in [1.29, 1.82) is 0 Å². The molecule has 0 fully saturated rings. The Balaban J connectivity index is 2.67. The van der Waals surface area contributed by atoms with E-state index in [1.54, 1.807) is 6.92 Å². The average Bonchev–Trinajstić information content (AvgIpc) is 2.52. The van der Waals surface area contributed by atoms with E-state index in [4.69, 9.17) is 9.47 Å². The van der Waals surface area contributed by atoms with Crippen molar-refractivity contribution in [3.8, 4) is 0 Å². The number of hydrogen-bond acceptors (Lipinski definition) is 4. The van der Waals surface area contributed by atoms with Crippen LogP contribution in [0.25, 0.3) is 0 Å². The van der Waals surface area contributed by atoms with Gasteiger partial charge in [-0.25, -0.2) is 9.59 Å². The van der Waals surface area contributed by atoms with Crippen LogP contribution in [0.2, 0.25) is 0 Å². The highest BCUT2D eigenvalue weighted by Crippen LogP contribution is 2.11. The predicted molar refractivity (Wildman–Crippen MR) is 89.1 cm³/mol. The Morgan fingerprint density at radius 2 is 1.78 bits per heavy atom. The molecule has 0 aromatic heterocycles. The van der Waals surface area contributed by atoms with Gasteiger partial charge in [0.15, 0.2) is 0 Å². The topological polar surface area (TPSA) is 64.6 Å². The molecule has 0 aliphatic carbocycles. The molecule has 1 amide bonds. The van der Waals surface area contributed by atoms with Gasteiger partial charge < -0.3 is 14.8 Å². The molecule has 5 heteroatoms. The summed E-state index contributed by atoms with van der Waals surface area (Å²) in [7, 11) is 0. The second-order valence-electron chi connectivity index (χ2n) is 5.83. The van der Waals surface area contributed by atoms with Gasteiger partial charge in [0.1, 0.15) is 12.1 Å². The number of esters is 1. The highest BCUT2D eigenvalue weighted by molar-refractivity contribution is 5.81. The van der Waals surface area contributed by atoms with E-state index in [-0.39, 0.29) is 18.6 Å². The van der Waals surface area contributed by atoms with Crippen molar-refractivity contribution in [1.82, 2.24) is 5.32 Å². The molecule has 0 bridgehead atoms. The van der Waals surface area contributed by atoms with Crippen LogP contribution in [0.3, 0.4) is 0 Å². The molecule has 0 radical (unpaired) electrons. The van der Waals surface area contributed by atoms with Crippen LogP contribution in [0, 0.1) is 5.92 Å². The SMILES string of the molecule is CCOC(=O)NC(CCc1ccccc1)C(=O)O[C@@H](C)C(C)C. The highest BCUT2D eigenvalue weighted by atomic mass is 16.6. The zero-order valence-electron chi connectivity index (χ0n) is 14.4. The van der Waals surface area contributed by atoms with E-state index in [2.05, 4.69) is 5.32 Å². The maximum atomic E-state index is 12.3. The van der Waals surface area contributed by atoms with Crippen LogP contribution >= 0.6 is 0 Å². The molecule has 128 valence electrons. The number of benzene rings is 1. The second-order valence-corrected chi connectivity index (χ2v) is 5.83. The van der Waals surface area contributed by atoms with Gasteiger partial charge in [-0.1, -0.05) is 44.2 Å². The van der Waals surface area contributed by atoms with Crippen LogP contribution in [0.1, 0.15) is 39.7 Å². The Bertz CT molecular complexity index is 487. The van der Waals surface area contributed by atoms with Gasteiger partial charge in [-0.2, -0.15) is 0 Å². The minimum absolute atomic E-state index is 0.203. The molecule has 1 unspecified atom stereocenters. The second kappa shape index (κ2) is 9.87. The Kier molecular flexibility index (Phi) is 8.16. The number of hydrogen-bond donors (Lipinski definition) is 1. The maximum absolute atomic E-state index is 12.3. The molecule has 1 rings (SSSR count). The number of alkyl carbamates (subject to hydrolysis) is 1. The van der Waals surface area contributed by atoms with Gasteiger partial charge >= 0.3 is 12.1 Å². The fourth-order valence-electron chi connectivity index (χ4n) is 1.92. The standard InChI is InChI=1S/C18H27NO4/c1-5-22-18(21)19-16(17(20)23-14(4)13(2)3)12-11-15-9-7-6-8-10-15/h6-10,13-14,16H,5,11-12H2,1-4H3,(H,19,21)/t14-,16?/m0/s1. The first-order valence-corrected chi connectivity index (χ1v) is 8.11. The fraction of sp³-hybridized carbons (Fsp3) is 0.556. The van der Waals surface area contributed by atoms with Crippen molar-refractivity contribution >= 4 is 12.1 Å². The number of rotatable bonds is 8. The van der Waals surface area contributed by atoms with Crippen molar-refractivity contribution in [2.75, 3.05) is 6.61 Å². The van der Waals surface area contributed by atoms with Crippen molar-refractivity contribution in [2.45, 2.75) is 52.7 Å². The lowest BCUT2D eigenvalue weighted by Crippen LogP contribution is -2.43. The summed E-state index contributed by atoms with van der Waals surface area (Å²) < 4.78 is 10.3. The van der Waals surface area contributed by atoms with E-state index in [0.717, 1.165) is 5.56 Å². The Morgan fingerprint density at radius 3 is 2.35 bits per heavy atom. The van der Waals surface area contributed by atoms with Gasteiger partial charge in [0.2, 0.25) is 0 Å². The molecule has 0 spiro atoms. The Hall–Kier alpha value is -2.04. The minimum Gasteiger partial charge on any atom is -0.461 e. The number of aryl methyl sites for hydroxylation is 1. The lowest BCUT2D eigenvalue weighted by Gasteiger charge is -2.22.